The third-order valence-corrected chi connectivity index (χ3v) is 12.6. The highest BCUT2D eigenvalue weighted by Gasteiger charge is 2.64. The van der Waals surface area contributed by atoms with Crippen LogP contribution in [0.3, 0.4) is 0 Å². The number of aliphatic hydroxyl groups is 1. The zero-order valence-corrected chi connectivity index (χ0v) is 34.8. The molecule has 3 aliphatic heterocycles. The van der Waals surface area contributed by atoms with Crippen LogP contribution in [0.25, 0.3) is 0 Å². The number of aliphatic hydroxyl groups excluding tert-OH is 1. The molecule has 0 bridgehead atoms. The Hall–Kier alpha value is -5.30. The number of carbonyl (C=O) groups excluding carboxylic acids is 4. The molecule has 4 amide bonds. The predicted octanol–water partition coefficient (Wildman–Crippen LogP) is 4.82. The van der Waals surface area contributed by atoms with Crippen molar-refractivity contribution in [2.24, 2.45) is 10.8 Å². The number of rotatable bonds is 11. The summed E-state index contributed by atoms with van der Waals surface area (Å²) in [4.78, 5) is 61.3. The summed E-state index contributed by atoms with van der Waals surface area (Å²) in [5.74, 6) is -1.39. The molecule has 7 rings (SSSR count). The van der Waals surface area contributed by atoms with Crippen LogP contribution in [0, 0.1) is 41.8 Å². The Labute approximate surface area is 347 Å². The minimum absolute atomic E-state index is 0.0305. The quantitative estimate of drug-likeness (QED) is 0.179. The van der Waals surface area contributed by atoms with Crippen LogP contribution in [0.2, 0.25) is 5.02 Å². The monoisotopic (exact) mass is 829 g/mol. The Bertz CT molecular complexity index is 2210. The maximum absolute atomic E-state index is 15.1. The highest BCUT2D eigenvalue weighted by atomic mass is 35.5. The fourth-order valence-corrected chi connectivity index (χ4v) is 9.74. The second kappa shape index (κ2) is 16.0. The average molecular weight is 830 g/mol. The predicted molar refractivity (Wildman–Crippen MR) is 216 cm³/mol. The Morgan fingerprint density at radius 1 is 1.08 bits per heavy atom. The summed E-state index contributed by atoms with van der Waals surface area (Å²) in [5, 5.41) is 25.8. The first-order valence-electron chi connectivity index (χ1n) is 19.9. The van der Waals surface area contributed by atoms with Crippen LogP contribution < -0.4 is 25.0 Å². The number of fused-ring (bicyclic) bond motifs is 1. The topological polar surface area (TPSA) is 177 Å². The van der Waals surface area contributed by atoms with Crippen LogP contribution in [0.15, 0.2) is 36.4 Å². The van der Waals surface area contributed by atoms with Crippen molar-refractivity contribution < 1.29 is 38.1 Å². The number of halogens is 2. The molecular formula is C43H49ClFN7O7. The number of hydrogen-bond donors (Lipinski definition) is 3. The van der Waals surface area contributed by atoms with Crippen molar-refractivity contribution in [1.82, 2.24) is 25.4 Å². The highest BCUT2D eigenvalue weighted by Crippen LogP contribution is 2.55. The molecular weight excluding hydrogens is 781 g/mol. The molecule has 1 aliphatic carbocycles. The summed E-state index contributed by atoms with van der Waals surface area (Å²) in [6.45, 7) is 15.9. The number of anilines is 1. The lowest BCUT2D eigenvalue weighted by atomic mass is 9.49. The van der Waals surface area contributed by atoms with Gasteiger partial charge in [-0.15, -0.1) is 0 Å². The number of nitrogens with zero attached hydrogens (tertiary/aromatic N) is 5. The number of piperidine rings is 1. The molecule has 16 heteroatoms. The zero-order valence-electron chi connectivity index (χ0n) is 34.0. The van der Waals surface area contributed by atoms with E-state index in [9.17, 15) is 29.5 Å². The van der Waals surface area contributed by atoms with Crippen LogP contribution in [0.4, 0.5) is 10.2 Å². The fourth-order valence-electron chi connectivity index (χ4n) is 9.52. The smallest absolute Gasteiger partial charge is 0.257 e. The van der Waals surface area contributed by atoms with Crippen molar-refractivity contribution in [2.45, 2.75) is 85.2 Å². The molecule has 2 saturated heterocycles. The van der Waals surface area contributed by atoms with E-state index in [4.69, 9.17) is 26.1 Å². The molecule has 2 aromatic carbocycles. The first-order chi connectivity index (χ1) is 27.9. The highest BCUT2D eigenvalue weighted by molar-refractivity contribution is 6.31. The van der Waals surface area contributed by atoms with Crippen LogP contribution in [-0.2, 0) is 9.59 Å². The number of aromatic nitrogens is 1. The molecule has 3 fully saturated rings. The summed E-state index contributed by atoms with van der Waals surface area (Å²) >= 11 is 6.25. The maximum atomic E-state index is 15.1. The number of aryl methyl sites for hydroxylation is 2. The van der Waals surface area contributed by atoms with Crippen LogP contribution in [0.5, 0.6) is 11.5 Å². The van der Waals surface area contributed by atoms with E-state index >= 15 is 4.39 Å². The van der Waals surface area contributed by atoms with Crippen LogP contribution in [0.1, 0.15) is 96.3 Å². The van der Waals surface area contributed by atoms with Gasteiger partial charge < -0.3 is 24.8 Å². The molecule has 1 saturated carbocycles. The number of hydrogen-bond acceptors (Lipinski definition) is 11. The molecule has 0 spiro atoms. The number of amides is 4. The van der Waals surface area contributed by atoms with Crippen molar-refractivity contribution in [3.05, 3.63) is 80.7 Å². The van der Waals surface area contributed by atoms with Gasteiger partial charge in [-0.3, -0.25) is 34.3 Å². The van der Waals surface area contributed by atoms with E-state index in [2.05, 4.69) is 54.2 Å². The van der Waals surface area contributed by atoms with Gasteiger partial charge in [-0.1, -0.05) is 39.3 Å². The van der Waals surface area contributed by atoms with Crippen molar-refractivity contribution in [1.29, 1.82) is 5.26 Å². The number of imide groups is 1. The molecule has 312 valence electrons. The Morgan fingerprint density at radius 3 is 2.44 bits per heavy atom. The molecule has 3 N–H and O–H groups in total. The summed E-state index contributed by atoms with van der Waals surface area (Å²) < 4.78 is 27.2. The number of piperazine rings is 1. The van der Waals surface area contributed by atoms with Gasteiger partial charge >= 0.3 is 0 Å². The number of nitrogens with one attached hydrogen (secondary N) is 2. The van der Waals surface area contributed by atoms with E-state index in [-0.39, 0.29) is 54.4 Å². The molecule has 2 atom stereocenters. The first kappa shape index (κ1) is 41.8. The molecule has 2 unspecified atom stereocenters. The molecule has 4 heterocycles. The molecule has 1 aromatic heterocycles. The van der Waals surface area contributed by atoms with Gasteiger partial charge in [-0.05, 0) is 62.6 Å². The van der Waals surface area contributed by atoms with E-state index in [1.54, 1.807) is 18.2 Å². The summed E-state index contributed by atoms with van der Waals surface area (Å²) in [6.07, 6.45) is -1.04. The van der Waals surface area contributed by atoms with Crippen molar-refractivity contribution >= 4 is 41.0 Å². The van der Waals surface area contributed by atoms with Gasteiger partial charge in [0.1, 0.15) is 29.8 Å². The zero-order chi connectivity index (χ0) is 42.6. The molecule has 4 aliphatic rings. The number of carbonyl (C=O) groups is 4. The molecule has 59 heavy (non-hydrogen) atoms. The van der Waals surface area contributed by atoms with Crippen LogP contribution >= 0.6 is 11.6 Å². The van der Waals surface area contributed by atoms with Gasteiger partial charge in [0, 0.05) is 67.6 Å². The van der Waals surface area contributed by atoms with E-state index in [1.165, 1.54) is 6.07 Å². The van der Waals surface area contributed by atoms with Gasteiger partial charge in [-0.2, -0.15) is 5.26 Å². The van der Waals surface area contributed by atoms with Gasteiger partial charge in [-0.25, -0.2) is 9.37 Å². The van der Waals surface area contributed by atoms with Crippen molar-refractivity contribution in [3.63, 3.8) is 0 Å². The third-order valence-electron chi connectivity index (χ3n) is 12.3. The third kappa shape index (κ3) is 7.81. The lowest BCUT2D eigenvalue weighted by Crippen LogP contribution is -2.74. The normalized spacial score (nSPS) is 23.6. The van der Waals surface area contributed by atoms with Gasteiger partial charge in [0.2, 0.25) is 11.8 Å². The lowest BCUT2D eigenvalue weighted by molar-refractivity contribution is -0.164. The SMILES string of the molecule is Cc1cc(N2CCN(CCCOc3cc4c(cc3F)C(O)N(C3CCC(=O)NC3=O)C4=O)CC2)nc(C)c1C(=O)N[C@H]1C(C)(C)[C@H](Oc2ccc(C#N)c(Cl)c2)C1(C)C. The number of ether oxygens (including phenoxy) is 2. The van der Waals surface area contributed by atoms with Crippen LogP contribution in [-0.4, -0.2) is 101 Å². The molecule has 3 aromatic rings. The van der Waals surface area contributed by atoms with E-state index in [1.807, 2.05) is 19.9 Å². The molecule has 0 radical (unpaired) electrons. The summed E-state index contributed by atoms with van der Waals surface area (Å²) in [6, 6.07) is 10.1. The van der Waals surface area contributed by atoms with Gasteiger partial charge in [0.05, 0.1) is 34.0 Å². The fraction of sp³-hybridized carbons (Fsp3) is 0.488. The van der Waals surface area contributed by atoms with Gasteiger partial charge in [0.25, 0.3) is 11.8 Å². The Morgan fingerprint density at radius 2 is 1.80 bits per heavy atom. The van der Waals surface area contributed by atoms with Crippen molar-refractivity contribution in [2.75, 3.05) is 44.2 Å². The first-order valence-corrected chi connectivity index (χ1v) is 20.2. The second-order valence-corrected chi connectivity index (χ2v) is 17.4. The Kier molecular flexibility index (Phi) is 11.4. The van der Waals surface area contributed by atoms with E-state index < -0.39 is 46.6 Å². The average Bonchev–Trinajstić information content (AvgIpc) is 3.41. The second-order valence-electron chi connectivity index (χ2n) is 17.0. The number of benzene rings is 2. The lowest BCUT2D eigenvalue weighted by Gasteiger charge is -2.63. The number of pyridine rings is 1. The van der Waals surface area contributed by atoms with Crippen molar-refractivity contribution in [3.8, 4) is 17.6 Å². The standard InChI is InChI=1S/C43H49ClFN7O7/c1-23-18-33(47-24(2)35(23)37(55)49-40-42(3,4)41(43(40,5)6)59-26-9-8-25(22-46)29(44)19-26)51-15-13-50(14-16-51)12-7-17-58-32-21-28-27(20-30(32)45)38(56)52(39(28)57)31-10-11-34(53)48-36(31)54/h8-9,18-21,31,38,40-41,56H,7,10-17H2,1-6H3,(H,49,55)(H,48,53,54)/t31?,38?,40-,41-. The Balaban J connectivity index is 0.892. The minimum atomic E-state index is -1.51. The van der Waals surface area contributed by atoms with E-state index in [0.29, 0.717) is 40.6 Å². The van der Waals surface area contributed by atoms with E-state index in [0.717, 1.165) is 48.5 Å². The van der Waals surface area contributed by atoms with Gasteiger partial charge in [0.15, 0.2) is 17.8 Å². The largest absolute Gasteiger partial charge is 0.490 e. The number of nitriles is 1. The summed E-state index contributed by atoms with van der Waals surface area (Å²) in [5.41, 5.74) is 1.69. The maximum Gasteiger partial charge on any atom is 0.257 e. The summed E-state index contributed by atoms with van der Waals surface area (Å²) in [7, 11) is 0. The molecule has 14 nitrogen and oxygen atoms in total. The minimum Gasteiger partial charge on any atom is -0.490 e.